The third kappa shape index (κ3) is 7.25. The molecule has 2 unspecified atom stereocenters. The van der Waals surface area contributed by atoms with Crippen molar-refractivity contribution in [3.05, 3.63) is 35.9 Å². The van der Waals surface area contributed by atoms with E-state index in [9.17, 15) is 5.11 Å². The largest absolute Gasteiger partial charge is 0.396 e. The molecule has 5 heteroatoms. The second-order valence-corrected chi connectivity index (χ2v) is 4.30. The van der Waals surface area contributed by atoms with E-state index in [0.717, 1.165) is 5.56 Å². The minimum Gasteiger partial charge on any atom is -0.396 e. The van der Waals surface area contributed by atoms with Gasteiger partial charge >= 0.3 is 0 Å². The Bertz CT molecular complexity index is 317. The number of hydrogen-bond acceptors (Lipinski definition) is 5. The van der Waals surface area contributed by atoms with Crippen molar-refractivity contribution in [2.45, 2.75) is 25.2 Å². The average molecular weight is 270 g/mol. The Balaban J connectivity index is 2.19. The first kappa shape index (κ1) is 16.1. The van der Waals surface area contributed by atoms with E-state index in [4.69, 9.17) is 19.7 Å². The number of aliphatic hydroxyl groups is 3. The second-order valence-electron chi connectivity index (χ2n) is 4.30. The Morgan fingerprint density at radius 3 is 2.42 bits per heavy atom. The number of hydrogen-bond donors (Lipinski definition) is 3. The molecule has 1 aromatic carbocycles. The molecule has 2 atom stereocenters. The monoisotopic (exact) mass is 270 g/mol. The van der Waals surface area contributed by atoms with Gasteiger partial charge in [-0.2, -0.15) is 0 Å². The summed E-state index contributed by atoms with van der Waals surface area (Å²) in [6.07, 6.45) is -0.811. The average Bonchev–Trinajstić information content (AvgIpc) is 2.44. The number of rotatable bonds is 10. The van der Waals surface area contributed by atoms with Gasteiger partial charge in [-0.05, 0) is 12.0 Å². The van der Waals surface area contributed by atoms with Crippen molar-refractivity contribution in [3.8, 4) is 0 Å². The van der Waals surface area contributed by atoms with Crippen LogP contribution in [0, 0.1) is 0 Å². The Labute approximate surface area is 113 Å². The first-order valence-corrected chi connectivity index (χ1v) is 6.39. The summed E-state index contributed by atoms with van der Waals surface area (Å²) in [6, 6.07) is 9.67. The maximum atomic E-state index is 9.35. The molecule has 0 heterocycles. The summed E-state index contributed by atoms with van der Waals surface area (Å²) in [5, 5.41) is 27.1. The van der Waals surface area contributed by atoms with Crippen molar-refractivity contribution in [3.63, 3.8) is 0 Å². The topological polar surface area (TPSA) is 79.2 Å². The summed E-state index contributed by atoms with van der Waals surface area (Å²) in [5.74, 6) is 0. The zero-order chi connectivity index (χ0) is 13.9. The normalized spacial score (nSPS) is 14.3. The fourth-order valence-corrected chi connectivity index (χ4v) is 1.51. The molecule has 0 aromatic heterocycles. The summed E-state index contributed by atoms with van der Waals surface area (Å²) in [7, 11) is 0. The van der Waals surface area contributed by atoms with Gasteiger partial charge in [0, 0.05) is 6.61 Å². The highest BCUT2D eigenvalue weighted by Gasteiger charge is 2.10. The molecule has 0 aliphatic carbocycles. The van der Waals surface area contributed by atoms with Gasteiger partial charge in [-0.15, -0.1) is 0 Å². The van der Waals surface area contributed by atoms with Crippen molar-refractivity contribution >= 4 is 0 Å². The van der Waals surface area contributed by atoms with Gasteiger partial charge in [0.2, 0.25) is 0 Å². The minimum absolute atomic E-state index is 0.0710. The Hall–Kier alpha value is -0.980. The van der Waals surface area contributed by atoms with Gasteiger partial charge in [0.15, 0.2) is 0 Å². The second kappa shape index (κ2) is 9.89. The molecule has 0 radical (unpaired) electrons. The van der Waals surface area contributed by atoms with E-state index in [-0.39, 0.29) is 32.8 Å². The van der Waals surface area contributed by atoms with E-state index in [2.05, 4.69) is 0 Å². The maximum absolute atomic E-state index is 9.35. The van der Waals surface area contributed by atoms with Crippen LogP contribution in [0.15, 0.2) is 30.3 Å². The predicted octanol–water partition coefficient (Wildman–Crippen LogP) is 0.324. The fraction of sp³-hybridized carbons (Fsp3) is 0.571. The zero-order valence-corrected chi connectivity index (χ0v) is 10.9. The minimum atomic E-state index is -0.682. The van der Waals surface area contributed by atoms with E-state index < -0.39 is 12.2 Å². The smallest absolute Gasteiger partial charge is 0.104 e. The predicted molar refractivity (Wildman–Crippen MR) is 70.6 cm³/mol. The van der Waals surface area contributed by atoms with Gasteiger partial charge in [-0.3, -0.25) is 0 Å². The maximum Gasteiger partial charge on any atom is 0.104 e. The highest BCUT2D eigenvalue weighted by Crippen LogP contribution is 2.04. The lowest BCUT2D eigenvalue weighted by Crippen LogP contribution is -2.27. The molecule has 0 aliphatic rings. The zero-order valence-electron chi connectivity index (χ0n) is 10.9. The Morgan fingerprint density at radius 2 is 1.79 bits per heavy atom. The molecule has 0 amide bonds. The summed E-state index contributed by atoms with van der Waals surface area (Å²) in [6.45, 7) is 0.549. The van der Waals surface area contributed by atoms with E-state index in [0.29, 0.717) is 6.61 Å². The van der Waals surface area contributed by atoms with Crippen LogP contribution in [-0.4, -0.2) is 54.0 Å². The van der Waals surface area contributed by atoms with Crippen molar-refractivity contribution in [1.82, 2.24) is 0 Å². The molecule has 0 aliphatic heterocycles. The van der Waals surface area contributed by atoms with E-state index >= 15 is 0 Å². The van der Waals surface area contributed by atoms with Gasteiger partial charge < -0.3 is 24.8 Å². The van der Waals surface area contributed by atoms with E-state index in [1.54, 1.807) is 0 Å². The van der Waals surface area contributed by atoms with Gasteiger partial charge in [0.05, 0.1) is 32.5 Å². The Kier molecular flexibility index (Phi) is 8.36. The molecular weight excluding hydrogens is 248 g/mol. The Morgan fingerprint density at radius 1 is 1.05 bits per heavy atom. The van der Waals surface area contributed by atoms with E-state index in [1.807, 2.05) is 30.3 Å². The molecule has 0 saturated carbocycles. The third-order valence-corrected chi connectivity index (χ3v) is 2.61. The van der Waals surface area contributed by atoms with Gasteiger partial charge in [0.25, 0.3) is 0 Å². The van der Waals surface area contributed by atoms with Crippen LogP contribution < -0.4 is 0 Å². The van der Waals surface area contributed by atoms with Crippen molar-refractivity contribution < 1.29 is 24.8 Å². The molecule has 19 heavy (non-hydrogen) atoms. The highest BCUT2D eigenvalue weighted by atomic mass is 16.5. The SMILES string of the molecule is OCCC(O)COCC(CO)OCc1ccccc1. The lowest BCUT2D eigenvalue weighted by atomic mass is 10.2. The third-order valence-electron chi connectivity index (χ3n) is 2.61. The van der Waals surface area contributed by atoms with Crippen molar-refractivity contribution in [2.75, 3.05) is 26.4 Å². The number of benzene rings is 1. The fourth-order valence-electron chi connectivity index (χ4n) is 1.51. The summed E-state index contributed by atoms with van der Waals surface area (Å²) >= 11 is 0. The summed E-state index contributed by atoms with van der Waals surface area (Å²) < 4.78 is 10.8. The molecule has 1 aromatic rings. The lowest BCUT2D eigenvalue weighted by Gasteiger charge is -2.17. The lowest BCUT2D eigenvalue weighted by molar-refractivity contribution is -0.0661. The van der Waals surface area contributed by atoms with Crippen LogP contribution in [0.1, 0.15) is 12.0 Å². The quantitative estimate of drug-likeness (QED) is 0.571. The molecule has 5 nitrogen and oxygen atoms in total. The molecule has 0 bridgehead atoms. The molecule has 0 saturated heterocycles. The van der Waals surface area contributed by atoms with Crippen LogP contribution in [0.4, 0.5) is 0 Å². The van der Waals surface area contributed by atoms with Crippen LogP contribution in [0.2, 0.25) is 0 Å². The summed E-state index contributed by atoms with van der Waals surface area (Å²) in [5.41, 5.74) is 1.03. The standard InChI is InChI=1S/C14H22O5/c15-7-6-13(17)10-18-11-14(8-16)19-9-12-4-2-1-3-5-12/h1-5,13-17H,6-11H2. The summed E-state index contributed by atoms with van der Waals surface area (Å²) in [4.78, 5) is 0. The molecule has 0 spiro atoms. The molecular formula is C14H22O5. The first-order valence-electron chi connectivity index (χ1n) is 6.39. The van der Waals surface area contributed by atoms with Crippen LogP contribution in [-0.2, 0) is 16.1 Å². The van der Waals surface area contributed by atoms with Gasteiger partial charge in [-0.1, -0.05) is 30.3 Å². The highest BCUT2D eigenvalue weighted by molar-refractivity contribution is 5.13. The van der Waals surface area contributed by atoms with Crippen LogP contribution >= 0.6 is 0 Å². The molecule has 1 rings (SSSR count). The molecule has 3 N–H and O–H groups in total. The van der Waals surface area contributed by atoms with Gasteiger partial charge in [-0.25, -0.2) is 0 Å². The number of aliphatic hydroxyl groups excluding tert-OH is 3. The first-order chi connectivity index (χ1) is 9.26. The van der Waals surface area contributed by atoms with Crippen LogP contribution in [0.3, 0.4) is 0 Å². The van der Waals surface area contributed by atoms with Crippen LogP contribution in [0.5, 0.6) is 0 Å². The molecule has 108 valence electrons. The van der Waals surface area contributed by atoms with Crippen molar-refractivity contribution in [1.29, 1.82) is 0 Å². The van der Waals surface area contributed by atoms with Gasteiger partial charge in [0.1, 0.15) is 6.10 Å². The van der Waals surface area contributed by atoms with Crippen LogP contribution in [0.25, 0.3) is 0 Å². The van der Waals surface area contributed by atoms with Crippen molar-refractivity contribution in [2.24, 2.45) is 0 Å². The van der Waals surface area contributed by atoms with E-state index in [1.165, 1.54) is 0 Å². The number of ether oxygens (including phenoxy) is 2. The molecule has 0 fully saturated rings.